The smallest absolute Gasteiger partial charge is 0.243 e. The fourth-order valence-electron chi connectivity index (χ4n) is 1.82. The van der Waals surface area contributed by atoms with Crippen molar-refractivity contribution in [2.45, 2.75) is 16.9 Å². The van der Waals surface area contributed by atoms with E-state index in [1.165, 1.54) is 6.07 Å². The summed E-state index contributed by atoms with van der Waals surface area (Å²) < 4.78 is 45.2. The van der Waals surface area contributed by atoms with Crippen molar-refractivity contribution in [3.63, 3.8) is 0 Å². The fraction of sp³-hybridized carbons (Fsp3) is 0.455. The minimum Gasteiger partial charge on any atom is -0.399 e. The summed E-state index contributed by atoms with van der Waals surface area (Å²) in [6.45, 7) is 0.149. The Balaban J connectivity index is 2.22. The van der Waals surface area contributed by atoms with Gasteiger partial charge >= 0.3 is 0 Å². The van der Waals surface area contributed by atoms with Crippen molar-refractivity contribution in [3.05, 3.63) is 22.4 Å². The molecule has 0 bridgehead atoms. The Hall–Kier alpha value is -0.740. The van der Waals surface area contributed by atoms with Crippen LogP contribution in [-0.4, -0.2) is 38.9 Å². The lowest BCUT2D eigenvalue weighted by Crippen LogP contribution is -2.43. The highest BCUT2D eigenvalue weighted by Crippen LogP contribution is 2.26. The first-order valence-corrected chi connectivity index (χ1v) is 8.05. The maximum atomic E-state index is 13.9. The average molecular weight is 369 g/mol. The summed E-state index contributed by atoms with van der Waals surface area (Å²) in [6, 6.07) is 2.30. The molecule has 1 fully saturated rings. The monoisotopic (exact) mass is 368 g/mol. The Morgan fingerprint density at radius 2 is 2.25 bits per heavy atom. The zero-order valence-corrected chi connectivity index (χ0v) is 12.8. The van der Waals surface area contributed by atoms with E-state index in [2.05, 4.69) is 20.7 Å². The summed E-state index contributed by atoms with van der Waals surface area (Å²) in [6.07, 6.45) is 0.318. The lowest BCUT2D eigenvalue weighted by Gasteiger charge is -2.20. The second-order valence-corrected chi connectivity index (χ2v) is 7.26. The highest BCUT2D eigenvalue weighted by atomic mass is 79.9. The second kappa shape index (κ2) is 5.57. The Morgan fingerprint density at radius 3 is 2.85 bits per heavy atom. The summed E-state index contributed by atoms with van der Waals surface area (Å²) in [5.74, 6) is -0.929. The summed E-state index contributed by atoms with van der Waals surface area (Å²) >= 11 is 2.90. The van der Waals surface area contributed by atoms with E-state index in [1.54, 1.807) is 0 Å². The zero-order valence-electron chi connectivity index (χ0n) is 10.4. The summed E-state index contributed by atoms with van der Waals surface area (Å²) in [5.41, 5.74) is 4.36. The fourth-order valence-corrected chi connectivity index (χ4v) is 3.68. The minimum absolute atomic E-state index is 0.0403. The third kappa shape index (κ3) is 3.29. The standard InChI is InChI=1S/C11H14BrFN2O4S/c12-8-3-7(14)4-9(10(8)13)20(17,18)15-5-11(16)1-2-19-6-11/h3-4,15-16H,1-2,5-6,14H2. The van der Waals surface area contributed by atoms with E-state index in [0.717, 1.165) is 6.07 Å². The number of sulfonamides is 1. The molecule has 0 aliphatic carbocycles. The van der Waals surface area contributed by atoms with Gasteiger partial charge in [0.15, 0.2) is 5.82 Å². The Kier molecular flexibility index (Phi) is 4.35. The number of aliphatic hydroxyl groups is 1. The van der Waals surface area contributed by atoms with E-state index in [1.807, 2.05) is 0 Å². The van der Waals surface area contributed by atoms with Crippen LogP contribution in [0.1, 0.15) is 6.42 Å². The third-order valence-corrected chi connectivity index (χ3v) is 4.96. The van der Waals surface area contributed by atoms with Crippen LogP contribution in [0.4, 0.5) is 10.1 Å². The molecule has 0 radical (unpaired) electrons. The van der Waals surface area contributed by atoms with Gasteiger partial charge in [-0.3, -0.25) is 0 Å². The molecule has 2 rings (SSSR count). The summed E-state index contributed by atoms with van der Waals surface area (Å²) in [7, 11) is -4.11. The van der Waals surface area contributed by atoms with E-state index in [9.17, 15) is 17.9 Å². The maximum Gasteiger partial charge on any atom is 0.243 e. The Bertz CT molecular complexity index is 617. The third-order valence-electron chi connectivity index (χ3n) is 2.98. The van der Waals surface area contributed by atoms with Crippen molar-refractivity contribution in [2.75, 3.05) is 25.5 Å². The molecule has 1 aliphatic rings. The Morgan fingerprint density at radius 1 is 1.55 bits per heavy atom. The molecule has 0 aromatic heterocycles. The van der Waals surface area contributed by atoms with Crippen LogP contribution in [0.15, 0.2) is 21.5 Å². The van der Waals surface area contributed by atoms with Gasteiger partial charge in [0.25, 0.3) is 0 Å². The van der Waals surface area contributed by atoms with Gasteiger partial charge in [0.05, 0.1) is 11.1 Å². The SMILES string of the molecule is Nc1cc(Br)c(F)c(S(=O)(=O)NCC2(O)CCOC2)c1. The van der Waals surface area contributed by atoms with Gasteiger partial charge in [0.2, 0.25) is 10.0 Å². The van der Waals surface area contributed by atoms with E-state index in [4.69, 9.17) is 10.5 Å². The van der Waals surface area contributed by atoms with Gasteiger partial charge in [-0.15, -0.1) is 0 Å². The van der Waals surface area contributed by atoms with Crippen molar-refractivity contribution >= 4 is 31.6 Å². The van der Waals surface area contributed by atoms with Gasteiger partial charge in [-0.2, -0.15) is 0 Å². The number of hydrogen-bond donors (Lipinski definition) is 3. The van der Waals surface area contributed by atoms with Crippen molar-refractivity contribution in [2.24, 2.45) is 0 Å². The molecule has 1 aliphatic heterocycles. The summed E-state index contributed by atoms with van der Waals surface area (Å²) in [4.78, 5) is -0.563. The molecule has 1 unspecified atom stereocenters. The molecule has 1 atom stereocenters. The number of nitrogens with two attached hydrogens (primary N) is 1. The van der Waals surface area contributed by atoms with Gasteiger partial charge in [-0.05, 0) is 28.1 Å². The van der Waals surface area contributed by atoms with Crippen LogP contribution >= 0.6 is 15.9 Å². The van der Waals surface area contributed by atoms with Crippen molar-refractivity contribution in [3.8, 4) is 0 Å². The van der Waals surface area contributed by atoms with Gasteiger partial charge < -0.3 is 15.6 Å². The predicted molar refractivity (Wildman–Crippen MR) is 74.1 cm³/mol. The molecule has 1 saturated heterocycles. The summed E-state index contributed by atoms with van der Waals surface area (Å²) in [5, 5.41) is 10.0. The van der Waals surface area contributed by atoms with Crippen molar-refractivity contribution in [1.29, 1.82) is 0 Å². The number of benzene rings is 1. The predicted octanol–water partition coefficient (Wildman–Crippen LogP) is 0.600. The minimum atomic E-state index is -4.11. The van der Waals surface area contributed by atoms with Crippen LogP contribution in [0.5, 0.6) is 0 Å². The lowest BCUT2D eigenvalue weighted by atomic mass is 10.1. The van der Waals surface area contributed by atoms with E-state index >= 15 is 0 Å². The molecule has 20 heavy (non-hydrogen) atoms. The first-order valence-electron chi connectivity index (χ1n) is 5.78. The number of anilines is 1. The quantitative estimate of drug-likeness (QED) is 0.675. The molecule has 9 heteroatoms. The number of hydrogen-bond acceptors (Lipinski definition) is 5. The van der Waals surface area contributed by atoms with Crippen molar-refractivity contribution < 1.29 is 22.7 Å². The number of halogens is 2. The normalized spacial score (nSPS) is 23.1. The maximum absolute atomic E-state index is 13.9. The van der Waals surface area contributed by atoms with Crippen molar-refractivity contribution in [1.82, 2.24) is 4.72 Å². The topological polar surface area (TPSA) is 102 Å². The molecule has 0 amide bonds. The van der Waals surface area contributed by atoms with Crippen LogP contribution in [0.25, 0.3) is 0 Å². The molecule has 1 aromatic rings. The number of nitrogens with one attached hydrogen (secondary N) is 1. The second-order valence-electron chi connectivity index (χ2n) is 4.67. The Labute approximate surface area is 124 Å². The van der Waals surface area contributed by atoms with Crippen LogP contribution < -0.4 is 10.5 Å². The highest BCUT2D eigenvalue weighted by Gasteiger charge is 2.34. The van der Waals surface area contributed by atoms with Crippen LogP contribution in [0.2, 0.25) is 0 Å². The molecular formula is C11H14BrFN2O4S. The van der Waals surface area contributed by atoms with Gasteiger partial charge in [-0.25, -0.2) is 17.5 Å². The number of rotatable bonds is 4. The number of nitrogen functional groups attached to an aromatic ring is 1. The molecule has 1 heterocycles. The largest absolute Gasteiger partial charge is 0.399 e. The lowest BCUT2D eigenvalue weighted by molar-refractivity contribution is 0.0314. The van der Waals surface area contributed by atoms with E-state index < -0.39 is 26.3 Å². The van der Waals surface area contributed by atoms with E-state index in [-0.39, 0.29) is 23.3 Å². The number of ether oxygens (including phenoxy) is 1. The van der Waals surface area contributed by atoms with Gasteiger partial charge in [0.1, 0.15) is 10.5 Å². The molecule has 6 nitrogen and oxygen atoms in total. The molecular weight excluding hydrogens is 355 g/mol. The molecule has 0 saturated carbocycles. The molecule has 112 valence electrons. The van der Waals surface area contributed by atoms with E-state index in [0.29, 0.717) is 13.0 Å². The van der Waals surface area contributed by atoms with Gasteiger partial charge in [0, 0.05) is 25.3 Å². The highest BCUT2D eigenvalue weighted by molar-refractivity contribution is 9.10. The molecule has 1 aromatic carbocycles. The molecule has 4 N–H and O–H groups in total. The van der Waals surface area contributed by atoms with Crippen LogP contribution in [0, 0.1) is 5.82 Å². The first kappa shape index (κ1) is 15.6. The average Bonchev–Trinajstić information content (AvgIpc) is 2.79. The first-order chi connectivity index (χ1) is 9.23. The van der Waals surface area contributed by atoms with Crippen LogP contribution in [-0.2, 0) is 14.8 Å². The molecule has 0 spiro atoms. The van der Waals surface area contributed by atoms with Gasteiger partial charge in [-0.1, -0.05) is 0 Å². The van der Waals surface area contributed by atoms with Crippen LogP contribution in [0.3, 0.4) is 0 Å². The zero-order chi connectivity index (χ0) is 15.0.